The van der Waals surface area contributed by atoms with Crippen molar-refractivity contribution in [3.05, 3.63) is 101 Å². The van der Waals surface area contributed by atoms with E-state index in [9.17, 15) is 9.59 Å². The maximum absolute atomic E-state index is 13.6. The van der Waals surface area contributed by atoms with Crippen LogP contribution in [0.25, 0.3) is 10.9 Å². The lowest BCUT2D eigenvalue weighted by atomic mass is 9.79. The van der Waals surface area contributed by atoms with Crippen molar-refractivity contribution in [3.8, 4) is 5.75 Å². The van der Waals surface area contributed by atoms with Gasteiger partial charge in [-0.2, -0.15) is 0 Å². The van der Waals surface area contributed by atoms with Crippen LogP contribution in [0.3, 0.4) is 0 Å². The number of methoxy groups -OCH3 is 1. The van der Waals surface area contributed by atoms with E-state index in [1.54, 1.807) is 25.1 Å². The highest BCUT2D eigenvalue weighted by atomic mass is 16.5. The molecule has 5 rings (SSSR count). The zero-order chi connectivity index (χ0) is 23.7. The van der Waals surface area contributed by atoms with Crippen LogP contribution in [-0.2, 0) is 11.2 Å². The topological polar surface area (TPSA) is 74.4 Å². The molecule has 172 valence electrons. The summed E-state index contributed by atoms with van der Waals surface area (Å²) in [4.78, 5) is 31.7. The van der Waals surface area contributed by atoms with Crippen LogP contribution in [0.1, 0.15) is 39.0 Å². The fraction of sp³-hybridized carbons (Fsp3) is 0.214. The third kappa shape index (κ3) is 3.81. The lowest BCUT2D eigenvalue weighted by Crippen LogP contribution is -2.45. The van der Waals surface area contributed by atoms with E-state index in [1.165, 1.54) is 10.9 Å². The minimum atomic E-state index is -0.518. The summed E-state index contributed by atoms with van der Waals surface area (Å²) in [7, 11) is 3.38. The first-order valence-corrected chi connectivity index (χ1v) is 11.4. The van der Waals surface area contributed by atoms with E-state index in [0.29, 0.717) is 18.5 Å². The molecule has 1 aromatic heterocycles. The molecule has 2 atom stereocenters. The van der Waals surface area contributed by atoms with Gasteiger partial charge in [0.05, 0.1) is 19.1 Å². The number of fused-ring (bicyclic) bond motifs is 2. The molecule has 34 heavy (non-hydrogen) atoms. The highest BCUT2D eigenvalue weighted by molar-refractivity contribution is 6.01. The van der Waals surface area contributed by atoms with Crippen molar-refractivity contribution in [2.24, 2.45) is 0 Å². The highest BCUT2D eigenvalue weighted by Crippen LogP contribution is 2.42. The largest absolute Gasteiger partial charge is 0.497 e. The van der Waals surface area contributed by atoms with Crippen LogP contribution in [0, 0.1) is 0 Å². The Morgan fingerprint density at radius 2 is 1.76 bits per heavy atom. The molecule has 2 amide bonds. The number of carbonyl (C=O) groups is 2. The van der Waals surface area contributed by atoms with Crippen LogP contribution in [0.2, 0.25) is 0 Å². The Hall–Kier alpha value is -4.06. The summed E-state index contributed by atoms with van der Waals surface area (Å²) in [6, 6.07) is 22.7. The maximum Gasteiger partial charge on any atom is 0.254 e. The number of rotatable bonds is 6. The van der Waals surface area contributed by atoms with Gasteiger partial charge in [0.25, 0.3) is 5.91 Å². The van der Waals surface area contributed by atoms with Gasteiger partial charge in [-0.15, -0.1) is 0 Å². The van der Waals surface area contributed by atoms with Crippen molar-refractivity contribution >= 4 is 22.7 Å². The monoisotopic (exact) mass is 453 g/mol. The molecule has 3 aromatic carbocycles. The van der Waals surface area contributed by atoms with Crippen molar-refractivity contribution in [1.29, 1.82) is 0 Å². The number of carbonyl (C=O) groups excluding carboxylic acids is 2. The third-order valence-electron chi connectivity index (χ3n) is 6.69. The molecule has 0 radical (unpaired) electrons. The number of ether oxygens (including phenoxy) is 1. The quantitative estimate of drug-likeness (QED) is 0.453. The fourth-order valence-corrected chi connectivity index (χ4v) is 4.94. The molecule has 2 heterocycles. The Labute approximate surface area is 198 Å². The molecular weight excluding hydrogens is 426 g/mol. The first kappa shape index (κ1) is 21.8. The number of hydrogen-bond donors (Lipinski definition) is 2. The Balaban J connectivity index is 1.43. The van der Waals surface area contributed by atoms with Gasteiger partial charge in [0.2, 0.25) is 5.91 Å². The first-order valence-electron chi connectivity index (χ1n) is 11.4. The molecular formula is C28H27N3O3. The zero-order valence-corrected chi connectivity index (χ0v) is 19.2. The average molecular weight is 454 g/mol. The van der Waals surface area contributed by atoms with Gasteiger partial charge in [-0.05, 0) is 47.4 Å². The SMILES string of the molecule is COc1ccc([C@H]2[C@H](C(=O)NCCc3c[nH]c4ccccc34)c3ccccc3C(=O)N2C)cc1. The van der Waals surface area contributed by atoms with Gasteiger partial charge in [-0.3, -0.25) is 9.59 Å². The Morgan fingerprint density at radius 3 is 2.56 bits per heavy atom. The summed E-state index contributed by atoms with van der Waals surface area (Å²) in [5.74, 6) is 0.0376. The van der Waals surface area contributed by atoms with Gasteiger partial charge < -0.3 is 19.9 Å². The summed E-state index contributed by atoms with van der Waals surface area (Å²) < 4.78 is 5.29. The molecule has 0 fully saturated rings. The molecule has 6 heteroatoms. The van der Waals surface area contributed by atoms with E-state index >= 15 is 0 Å². The van der Waals surface area contributed by atoms with E-state index in [0.717, 1.165) is 22.4 Å². The summed E-state index contributed by atoms with van der Waals surface area (Å²) in [6.45, 7) is 0.506. The standard InChI is InChI=1S/C28H27N3O3/c1-31-26(18-11-13-20(34-2)14-12-18)25(22-8-3-4-9-23(22)28(31)33)27(32)29-16-15-19-17-30-24-10-6-5-7-21(19)24/h3-14,17,25-26,30H,15-16H2,1-2H3,(H,29,32)/t25-,26+/m1/s1. The van der Waals surface area contributed by atoms with E-state index in [1.807, 2.05) is 66.9 Å². The summed E-state index contributed by atoms with van der Waals surface area (Å²) in [5, 5.41) is 4.31. The molecule has 0 saturated heterocycles. The van der Waals surface area contributed by atoms with Crippen molar-refractivity contribution in [1.82, 2.24) is 15.2 Å². The third-order valence-corrected chi connectivity index (χ3v) is 6.69. The van der Waals surface area contributed by atoms with Crippen molar-refractivity contribution in [3.63, 3.8) is 0 Å². The normalized spacial score (nSPS) is 17.5. The Kier molecular flexibility index (Phi) is 5.80. The number of hydrogen-bond acceptors (Lipinski definition) is 3. The van der Waals surface area contributed by atoms with E-state index in [4.69, 9.17) is 4.74 Å². The molecule has 0 spiro atoms. The van der Waals surface area contributed by atoms with Crippen LogP contribution in [-0.4, -0.2) is 42.4 Å². The Morgan fingerprint density at radius 1 is 1.03 bits per heavy atom. The molecule has 0 saturated carbocycles. The first-order chi connectivity index (χ1) is 16.6. The zero-order valence-electron chi connectivity index (χ0n) is 19.2. The van der Waals surface area contributed by atoms with E-state index < -0.39 is 12.0 Å². The minimum absolute atomic E-state index is 0.0840. The van der Waals surface area contributed by atoms with Crippen molar-refractivity contribution in [2.45, 2.75) is 18.4 Å². The number of aromatic nitrogens is 1. The molecule has 1 aliphatic heterocycles. The molecule has 2 N–H and O–H groups in total. The van der Waals surface area contributed by atoms with Crippen LogP contribution < -0.4 is 10.1 Å². The van der Waals surface area contributed by atoms with Gasteiger partial charge in [0, 0.05) is 36.3 Å². The minimum Gasteiger partial charge on any atom is -0.497 e. The lowest BCUT2D eigenvalue weighted by Gasteiger charge is -2.39. The molecule has 0 unspecified atom stereocenters. The fourth-order valence-electron chi connectivity index (χ4n) is 4.94. The lowest BCUT2D eigenvalue weighted by molar-refractivity contribution is -0.124. The Bertz CT molecular complexity index is 1340. The number of benzene rings is 3. The molecule has 0 bridgehead atoms. The van der Waals surface area contributed by atoms with Crippen LogP contribution in [0.15, 0.2) is 79.0 Å². The number of nitrogens with one attached hydrogen (secondary N) is 2. The molecule has 4 aromatic rings. The summed E-state index contributed by atoms with van der Waals surface area (Å²) in [5.41, 5.74) is 4.48. The smallest absolute Gasteiger partial charge is 0.254 e. The summed E-state index contributed by atoms with van der Waals surface area (Å²) in [6.07, 6.45) is 2.71. The number of nitrogens with zero attached hydrogens (tertiary/aromatic N) is 1. The van der Waals surface area contributed by atoms with Gasteiger partial charge >= 0.3 is 0 Å². The van der Waals surface area contributed by atoms with E-state index in [-0.39, 0.29) is 11.8 Å². The van der Waals surface area contributed by atoms with Gasteiger partial charge in [0.1, 0.15) is 5.75 Å². The van der Waals surface area contributed by atoms with Gasteiger partial charge in [-0.25, -0.2) is 0 Å². The second kappa shape index (κ2) is 9.06. The predicted molar refractivity (Wildman–Crippen MR) is 132 cm³/mol. The highest BCUT2D eigenvalue weighted by Gasteiger charge is 2.42. The maximum atomic E-state index is 13.6. The van der Waals surface area contributed by atoms with Crippen LogP contribution >= 0.6 is 0 Å². The van der Waals surface area contributed by atoms with Crippen molar-refractivity contribution in [2.75, 3.05) is 20.7 Å². The van der Waals surface area contributed by atoms with Crippen LogP contribution in [0.4, 0.5) is 0 Å². The average Bonchev–Trinajstić information content (AvgIpc) is 3.29. The number of H-pyrrole nitrogens is 1. The predicted octanol–water partition coefficient (Wildman–Crippen LogP) is 4.45. The number of para-hydroxylation sites is 1. The van der Waals surface area contributed by atoms with Crippen LogP contribution in [0.5, 0.6) is 5.75 Å². The second-order valence-electron chi connectivity index (χ2n) is 8.60. The van der Waals surface area contributed by atoms with Crippen molar-refractivity contribution < 1.29 is 14.3 Å². The number of likely N-dealkylation sites (N-methyl/N-ethyl adjacent to an activating group) is 1. The summed E-state index contributed by atoms with van der Waals surface area (Å²) >= 11 is 0. The molecule has 6 nitrogen and oxygen atoms in total. The second-order valence-corrected chi connectivity index (χ2v) is 8.60. The number of aromatic amines is 1. The van der Waals surface area contributed by atoms with Gasteiger partial charge in [0.15, 0.2) is 0 Å². The van der Waals surface area contributed by atoms with Gasteiger partial charge in [-0.1, -0.05) is 48.5 Å². The molecule has 1 aliphatic rings. The van der Waals surface area contributed by atoms with E-state index in [2.05, 4.69) is 16.4 Å². The molecule has 0 aliphatic carbocycles. The number of amides is 2.